The molecule has 0 saturated carbocycles. The maximum absolute atomic E-state index is 10.4. The van der Waals surface area contributed by atoms with E-state index in [1.807, 2.05) is 32.0 Å². The van der Waals surface area contributed by atoms with Gasteiger partial charge in [0.05, 0.1) is 5.03 Å². The first kappa shape index (κ1) is 10.8. The molecule has 1 N–H and O–H groups in total. The minimum atomic E-state index is -1.03. The largest absolute Gasteiger partial charge is 0.478 e. The molecule has 14 heavy (non-hydrogen) atoms. The van der Waals surface area contributed by atoms with Gasteiger partial charge in [-0.15, -0.1) is 0 Å². The van der Waals surface area contributed by atoms with Crippen LogP contribution in [-0.2, 0) is 4.79 Å². The Bertz CT molecular complexity index is 394. The number of hydrogen-bond acceptors (Lipinski definition) is 1. The lowest BCUT2D eigenvalue weighted by atomic mass is 10.1. The third-order valence-electron chi connectivity index (χ3n) is 1.89. The Hall–Kier alpha value is -1.28. The van der Waals surface area contributed by atoms with E-state index >= 15 is 0 Å². The molecule has 0 unspecified atom stereocenters. The highest BCUT2D eigenvalue weighted by atomic mass is 35.5. The zero-order chi connectivity index (χ0) is 10.7. The van der Waals surface area contributed by atoms with Gasteiger partial charge in [0.1, 0.15) is 0 Å². The van der Waals surface area contributed by atoms with Crippen LogP contribution >= 0.6 is 11.6 Å². The van der Waals surface area contributed by atoms with E-state index in [-0.39, 0.29) is 5.03 Å². The van der Waals surface area contributed by atoms with E-state index in [1.165, 1.54) is 0 Å². The van der Waals surface area contributed by atoms with Crippen molar-refractivity contribution >= 4 is 22.6 Å². The number of rotatable bonds is 2. The predicted octanol–water partition coefficient (Wildman–Crippen LogP) is 2.97. The Morgan fingerprint density at radius 3 is 2.57 bits per heavy atom. The Morgan fingerprint density at radius 1 is 1.43 bits per heavy atom. The Labute approximate surface area is 87.8 Å². The third-order valence-corrected chi connectivity index (χ3v) is 2.20. The summed E-state index contributed by atoms with van der Waals surface area (Å²) in [4.78, 5) is 10.4. The van der Waals surface area contributed by atoms with Crippen molar-refractivity contribution < 1.29 is 9.90 Å². The summed E-state index contributed by atoms with van der Waals surface area (Å²) >= 11 is 5.84. The summed E-state index contributed by atoms with van der Waals surface area (Å²) in [7, 11) is 0. The number of hydrogen-bond donors (Lipinski definition) is 1. The van der Waals surface area contributed by atoms with Gasteiger partial charge in [0, 0.05) is 6.08 Å². The first-order valence-electron chi connectivity index (χ1n) is 4.18. The quantitative estimate of drug-likeness (QED) is 0.762. The molecule has 1 aromatic rings. The van der Waals surface area contributed by atoms with Crippen molar-refractivity contribution in [2.45, 2.75) is 13.8 Å². The summed E-state index contributed by atoms with van der Waals surface area (Å²) in [5.41, 5.74) is 2.87. The lowest BCUT2D eigenvalue weighted by molar-refractivity contribution is -0.131. The minimum Gasteiger partial charge on any atom is -0.478 e. The summed E-state index contributed by atoms with van der Waals surface area (Å²) in [6.07, 6.45) is 0.999. The van der Waals surface area contributed by atoms with Crippen molar-refractivity contribution in [1.29, 1.82) is 0 Å². The Kier molecular flexibility index (Phi) is 3.31. The lowest BCUT2D eigenvalue weighted by Gasteiger charge is -2.04. The van der Waals surface area contributed by atoms with Crippen molar-refractivity contribution in [3.8, 4) is 0 Å². The molecule has 0 fully saturated rings. The SMILES string of the molecule is Cc1ccc(/C(Cl)=C/C(=O)O)c(C)c1. The second-order valence-corrected chi connectivity index (χ2v) is 3.56. The van der Waals surface area contributed by atoms with E-state index in [9.17, 15) is 4.79 Å². The van der Waals surface area contributed by atoms with Crippen LogP contribution in [0.4, 0.5) is 0 Å². The van der Waals surface area contributed by atoms with Gasteiger partial charge < -0.3 is 5.11 Å². The molecule has 0 bridgehead atoms. The topological polar surface area (TPSA) is 37.3 Å². The van der Waals surface area contributed by atoms with Crippen molar-refractivity contribution in [2.24, 2.45) is 0 Å². The van der Waals surface area contributed by atoms with E-state index in [0.717, 1.165) is 22.8 Å². The number of benzene rings is 1. The average molecular weight is 211 g/mol. The highest BCUT2D eigenvalue weighted by molar-refractivity contribution is 6.50. The molecule has 2 nitrogen and oxygen atoms in total. The van der Waals surface area contributed by atoms with E-state index < -0.39 is 5.97 Å². The van der Waals surface area contributed by atoms with E-state index in [0.29, 0.717) is 0 Å². The summed E-state index contributed by atoms with van der Waals surface area (Å²) < 4.78 is 0. The Balaban J connectivity index is 3.14. The second kappa shape index (κ2) is 4.29. The second-order valence-electron chi connectivity index (χ2n) is 3.15. The molecule has 0 heterocycles. The van der Waals surface area contributed by atoms with Crippen LogP contribution in [0.5, 0.6) is 0 Å². The first-order chi connectivity index (χ1) is 6.50. The molecule has 1 aromatic carbocycles. The van der Waals surface area contributed by atoms with Crippen LogP contribution in [0.3, 0.4) is 0 Å². The fourth-order valence-electron chi connectivity index (χ4n) is 1.27. The molecule has 1 rings (SSSR count). The molecule has 0 aromatic heterocycles. The number of halogens is 1. The van der Waals surface area contributed by atoms with Crippen LogP contribution in [0, 0.1) is 13.8 Å². The van der Waals surface area contributed by atoms with Gasteiger partial charge in [-0.1, -0.05) is 35.4 Å². The van der Waals surface area contributed by atoms with Crippen molar-refractivity contribution in [1.82, 2.24) is 0 Å². The van der Waals surface area contributed by atoms with Gasteiger partial charge in [0.2, 0.25) is 0 Å². The van der Waals surface area contributed by atoms with Crippen LogP contribution in [0.25, 0.3) is 5.03 Å². The number of carbonyl (C=O) groups is 1. The zero-order valence-electron chi connectivity index (χ0n) is 8.04. The lowest BCUT2D eigenvalue weighted by Crippen LogP contribution is -1.91. The molecule has 74 valence electrons. The third kappa shape index (κ3) is 2.60. The number of carboxylic acids is 1. The van der Waals surface area contributed by atoms with E-state index in [2.05, 4.69) is 0 Å². The van der Waals surface area contributed by atoms with Crippen molar-refractivity contribution in [2.75, 3.05) is 0 Å². The smallest absolute Gasteiger partial charge is 0.329 e. The van der Waals surface area contributed by atoms with Crippen LogP contribution in [0.1, 0.15) is 16.7 Å². The number of aliphatic carboxylic acids is 1. The van der Waals surface area contributed by atoms with E-state index in [1.54, 1.807) is 0 Å². The summed E-state index contributed by atoms with van der Waals surface area (Å²) in [6, 6.07) is 5.69. The van der Waals surface area contributed by atoms with Gasteiger partial charge in [-0.25, -0.2) is 4.79 Å². The summed E-state index contributed by atoms with van der Waals surface area (Å²) in [5.74, 6) is -1.03. The minimum absolute atomic E-state index is 0.259. The molecule has 0 aliphatic rings. The molecular formula is C11H11ClO2. The average Bonchev–Trinajstić information content (AvgIpc) is 2.01. The number of aryl methyl sites for hydroxylation is 2. The van der Waals surface area contributed by atoms with Gasteiger partial charge in [0.25, 0.3) is 0 Å². The summed E-state index contributed by atoms with van der Waals surface area (Å²) in [6.45, 7) is 3.88. The van der Waals surface area contributed by atoms with Gasteiger partial charge >= 0.3 is 5.97 Å². The fourth-order valence-corrected chi connectivity index (χ4v) is 1.57. The normalized spacial score (nSPS) is 11.5. The Morgan fingerprint density at radius 2 is 2.07 bits per heavy atom. The maximum Gasteiger partial charge on any atom is 0.329 e. The standard InChI is InChI=1S/C11H11ClO2/c1-7-3-4-9(8(2)5-7)10(12)6-11(13)14/h3-6H,1-2H3,(H,13,14)/b10-6-. The molecule has 3 heteroatoms. The fraction of sp³-hybridized carbons (Fsp3) is 0.182. The zero-order valence-corrected chi connectivity index (χ0v) is 8.80. The first-order valence-corrected chi connectivity index (χ1v) is 4.56. The molecule has 0 aliphatic heterocycles. The predicted molar refractivity (Wildman–Crippen MR) is 57.4 cm³/mol. The molecular weight excluding hydrogens is 200 g/mol. The molecule has 0 saturated heterocycles. The highest BCUT2D eigenvalue weighted by Gasteiger charge is 2.04. The summed E-state index contributed by atoms with van der Waals surface area (Å²) in [5, 5.41) is 8.79. The molecule has 0 atom stereocenters. The maximum atomic E-state index is 10.4. The van der Waals surface area contributed by atoms with E-state index in [4.69, 9.17) is 16.7 Å². The van der Waals surface area contributed by atoms with Gasteiger partial charge in [-0.2, -0.15) is 0 Å². The van der Waals surface area contributed by atoms with Gasteiger partial charge in [0.15, 0.2) is 0 Å². The van der Waals surface area contributed by atoms with Crippen molar-refractivity contribution in [3.63, 3.8) is 0 Å². The van der Waals surface area contributed by atoms with Crippen LogP contribution in [0.2, 0.25) is 0 Å². The van der Waals surface area contributed by atoms with Crippen molar-refractivity contribution in [3.05, 3.63) is 41.0 Å². The number of carboxylic acid groups (broad SMARTS) is 1. The van der Waals surface area contributed by atoms with Crippen LogP contribution in [0.15, 0.2) is 24.3 Å². The molecule has 0 spiro atoms. The van der Waals surface area contributed by atoms with Gasteiger partial charge in [-0.3, -0.25) is 0 Å². The highest BCUT2D eigenvalue weighted by Crippen LogP contribution is 2.23. The monoisotopic (exact) mass is 210 g/mol. The molecule has 0 aliphatic carbocycles. The van der Waals surface area contributed by atoms with Crippen LogP contribution in [-0.4, -0.2) is 11.1 Å². The van der Waals surface area contributed by atoms with Crippen LogP contribution < -0.4 is 0 Å². The molecule has 0 amide bonds. The van der Waals surface area contributed by atoms with Gasteiger partial charge in [-0.05, 0) is 25.0 Å². The molecule has 0 radical (unpaired) electrons.